The molecule has 1 aliphatic heterocycles. The van der Waals surface area contributed by atoms with Crippen molar-refractivity contribution >= 4 is 5.91 Å². The summed E-state index contributed by atoms with van der Waals surface area (Å²) in [5.41, 5.74) is 2.16. The standard InChI is InChI=1S/C15H21NO3/c1-11-5-6-12(2)14(8-11)19-10-15(17)16-9-13-4-3-7-18-13/h5-6,8,13H,3-4,7,9-10H2,1-2H3,(H,16,17)/t13-/m1/s1. The monoisotopic (exact) mass is 263 g/mol. The fraction of sp³-hybridized carbons (Fsp3) is 0.533. The molecule has 19 heavy (non-hydrogen) atoms. The molecule has 0 bridgehead atoms. The van der Waals surface area contributed by atoms with Crippen molar-refractivity contribution in [1.82, 2.24) is 5.32 Å². The minimum absolute atomic E-state index is 0.0526. The van der Waals surface area contributed by atoms with E-state index in [1.165, 1.54) is 0 Å². The van der Waals surface area contributed by atoms with Gasteiger partial charge in [-0.25, -0.2) is 0 Å². The molecule has 1 heterocycles. The first kappa shape index (κ1) is 13.9. The van der Waals surface area contributed by atoms with Gasteiger partial charge in [0.1, 0.15) is 5.75 Å². The van der Waals surface area contributed by atoms with Crippen LogP contribution < -0.4 is 10.1 Å². The van der Waals surface area contributed by atoms with E-state index in [4.69, 9.17) is 9.47 Å². The SMILES string of the molecule is Cc1ccc(C)c(OCC(=O)NC[C@H]2CCCO2)c1. The first-order valence-electron chi connectivity index (χ1n) is 6.73. The topological polar surface area (TPSA) is 47.6 Å². The Hall–Kier alpha value is -1.55. The number of nitrogens with one attached hydrogen (secondary N) is 1. The summed E-state index contributed by atoms with van der Waals surface area (Å²) in [6, 6.07) is 5.97. The van der Waals surface area contributed by atoms with Gasteiger partial charge >= 0.3 is 0 Å². The summed E-state index contributed by atoms with van der Waals surface area (Å²) in [4.78, 5) is 11.7. The van der Waals surface area contributed by atoms with Crippen molar-refractivity contribution in [1.29, 1.82) is 0 Å². The van der Waals surface area contributed by atoms with Gasteiger partial charge in [-0.15, -0.1) is 0 Å². The smallest absolute Gasteiger partial charge is 0.258 e. The van der Waals surface area contributed by atoms with Crippen molar-refractivity contribution in [2.45, 2.75) is 32.8 Å². The van der Waals surface area contributed by atoms with E-state index in [0.717, 1.165) is 36.3 Å². The minimum atomic E-state index is -0.101. The van der Waals surface area contributed by atoms with Crippen LogP contribution in [0.2, 0.25) is 0 Å². The molecule has 1 aromatic rings. The maximum atomic E-state index is 11.7. The number of aryl methyl sites for hydroxylation is 2. The second-order valence-corrected chi connectivity index (χ2v) is 5.00. The third-order valence-corrected chi connectivity index (χ3v) is 3.25. The van der Waals surface area contributed by atoms with Crippen LogP contribution in [0.1, 0.15) is 24.0 Å². The summed E-state index contributed by atoms with van der Waals surface area (Å²) < 4.78 is 11.0. The van der Waals surface area contributed by atoms with E-state index in [2.05, 4.69) is 5.32 Å². The fourth-order valence-corrected chi connectivity index (χ4v) is 2.09. The van der Waals surface area contributed by atoms with E-state index in [0.29, 0.717) is 6.54 Å². The Morgan fingerprint density at radius 2 is 2.32 bits per heavy atom. The molecule has 0 aromatic heterocycles. The van der Waals surface area contributed by atoms with Gasteiger partial charge in [0.2, 0.25) is 0 Å². The molecule has 0 aliphatic carbocycles. The van der Waals surface area contributed by atoms with Crippen LogP contribution in [-0.4, -0.2) is 31.8 Å². The average Bonchev–Trinajstić information content (AvgIpc) is 2.90. The molecule has 2 rings (SSSR count). The van der Waals surface area contributed by atoms with Crippen LogP contribution in [-0.2, 0) is 9.53 Å². The van der Waals surface area contributed by atoms with Gasteiger partial charge in [0.05, 0.1) is 6.10 Å². The van der Waals surface area contributed by atoms with Gasteiger partial charge in [-0.05, 0) is 43.9 Å². The molecule has 1 fully saturated rings. The van der Waals surface area contributed by atoms with Crippen LogP contribution >= 0.6 is 0 Å². The highest BCUT2D eigenvalue weighted by molar-refractivity contribution is 5.77. The van der Waals surface area contributed by atoms with Crippen LogP contribution in [0.25, 0.3) is 0 Å². The summed E-state index contributed by atoms with van der Waals surface area (Å²) >= 11 is 0. The minimum Gasteiger partial charge on any atom is -0.483 e. The quantitative estimate of drug-likeness (QED) is 0.883. The molecule has 0 saturated carbocycles. The molecule has 104 valence electrons. The van der Waals surface area contributed by atoms with Gasteiger partial charge in [0.25, 0.3) is 5.91 Å². The lowest BCUT2D eigenvalue weighted by atomic mass is 10.1. The number of ether oxygens (including phenoxy) is 2. The molecule has 0 unspecified atom stereocenters. The normalized spacial score (nSPS) is 18.3. The Kier molecular flexibility index (Phi) is 4.80. The maximum Gasteiger partial charge on any atom is 0.258 e. The summed E-state index contributed by atoms with van der Waals surface area (Å²) in [5.74, 6) is 0.670. The zero-order valence-electron chi connectivity index (χ0n) is 11.6. The highest BCUT2D eigenvalue weighted by atomic mass is 16.5. The van der Waals surface area contributed by atoms with Crippen molar-refractivity contribution in [3.63, 3.8) is 0 Å². The molecule has 1 amide bonds. The van der Waals surface area contributed by atoms with Gasteiger partial charge in [0, 0.05) is 13.2 Å². The summed E-state index contributed by atoms with van der Waals surface area (Å²) in [5, 5.41) is 2.84. The highest BCUT2D eigenvalue weighted by Gasteiger charge is 2.16. The molecule has 1 aromatic carbocycles. The van der Waals surface area contributed by atoms with Gasteiger partial charge in [-0.3, -0.25) is 4.79 Å². The lowest BCUT2D eigenvalue weighted by Gasteiger charge is -2.12. The van der Waals surface area contributed by atoms with Crippen molar-refractivity contribution in [3.05, 3.63) is 29.3 Å². The molecule has 4 heteroatoms. The Balaban J connectivity index is 1.74. The van der Waals surface area contributed by atoms with E-state index >= 15 is 0 Å². The van der Waals surface area contributed by atoms with Crippen LogP contribution in [0.15, 0.2) is 18.2 Å². The predicted molar refractivity (Wildman–Crippen MR) is 73.4 cm³/mol. The molecule has 4 nitrogen and oxygen atoms in total. The Morgan fingerprint density at radius 1 is 1.47 bits per heavy atom. The molecule has 1 saturated heterocycles. The van der Waals surface area contributed by atoms with Crippen molar-refractivity contribution < 1.29 is 14.3 Å². The number of rotatable bonds is 5. The van der Waals surface area contributed by atoms with E-state index in [-0.39, 0.29) is 18.6 Å². The van der Waals surface area contributed by atoms with Gasteiger partial charge in [-0.2, -0.15) is 0 Å². The molecule has 0 spiro atoms. The van der Waals surface area contributed by atoms with Crippen molar-refractivity contribution in [2.75, 3.05) is 19.8 Å². The molecule has 0 radical (unpaired) electrons. The molecule has 1 aliphatic rings. The second-order valence-electron chi connectivity index (χ2n) is 5.00. The van der Waals surface area contributed by atoms with Gasteiger partial charge in [-0.1, -0.05) is 12.1 Å². The van der Waals surface area contributed by atoms with E-state index in [1.807, 2.05) is 32.0 Å². The van der Waals surface area contributed by atoms with Crippen LogP contribution in [0, 0.1) is 13.8 Å². The zero-order valence-corrected chi connectivity index (χ0v) is 11.6. The summed E-state index contributed by atoms with van der Waals surface area (Å²) in [7, 11) is 0. The van der Waals surface area contributed by atoms with Gasteiger partial charge in [0.15, 0.2) is 6.61 Å². The number of carbonyl (C=O) groups is 1. The summed E-state index contributed by atoms with van der Waals surface area (Å²) in [6.07, 6.45) is 2.28. The first-order chi connectivity index (χ1) is 9.15. The third kappa shape index (κ3) is 4.24. The fourth-order valence-electron chi connectivity index (χ4n) is 2.09. The summed E-state index contributed by atoms with van der Waals surface area (Å²) in [6.45, 7) is 5.41. The lowest BCUT2D eigenvalue weighted by Crippen LogP contribution is -2.35. The molecular weight excluding hydrogens is 242 g/mol. The molecule has 1 N–H and O–H groups in total. The zero-order chi connectivity index (χ0) is 13.7. The number of hydrogen-bond acceptors (Lipinski definition) is 3. The van der Waals surface area contributed by atoms with Crippen LogP contribution in [0.4, 0.5) is 0 Å². The molecular formula is C15H21NO3. The predicted octanol–water partition coefficient (Wildman–Crippen LogP) is 1.98. The Morgan fingerprint density at radius 3 is 3.05 bits per heavy atom. The average molecular weight is 263 g/mol. The Labute approximate surface area is 114 Å². The van der Waals surface area contributed by atoms with E-state index in [1.54, 1.807) is 0 Å². The Bertz CT molecular complexity index is 439. The van der Waals surface area contributed by atoms with Crippen LogP contribution in [0.5, 0.6) is 5.75 Å². The molecule has 1 atom stereocenters. The van der Waals surface area contributed by atoms with E-state index < -0.39 is 0 Å². The number of hydrogen-bond donors (Lipinski definition) is 1. The van der Waals surface area contributed by atoms with Crippen LogP contribution in [0.3, 0.4) is 0 Å². The van der Waals surface area contributed by atoms with Gasteiger partial charge < -0.3 is 14.8 Å². The van der Waals surface area contributed by atoms with Crippen molar-refractivity contribution in [2.24, 2.45) is 0 Å². The second kappa shape index (κ2) is 6.57. The number of benzene rings is 1. The van der Waals surface area contributed by atoms with Crippen molar-refractivity contribution in [3.8, 4) is 5.75 Å². The first-order valence-corrected chi connectivity index (χ1v) is 6.73. The highest BCUT2D eigenvalue weighted by Crippen LogP contribution is 2.18. The number of amides is 1. The van der Waals surface area contributed by atoms with E-state index in [9.17, 15) is 4.79 Å². The largest absolute Gasteiger partial charge is 0.483 e. The lowest BCUT2D eigenvalue weighted by molar-refractivity contribution is -0.123. The third-order valence-electron chi connectivity index (χ3n) is 3.25. The maximum absolute atomic E-state index is 11.7. The number of carbonyl (C=O) groups excluding carboxylic acids is 1.